The van der Waals surface area contributed by atoms with Crippen LogP contribution in [0.15, 0.2) is 17.5 Å². The number of aryl methyl sites for hydroxylation is 1. The lowest BCUT2D eigenvalue weighted by Crippen LogP contribution is -2.49. The highest BCUT2D eigenvalue weighted by molar-refractivity contribution is 7.09. The number of hydrogen-bond acceptors (Lipinski definition) is 3. The van der Waals surface area contributed by atoms with Crippen molar-refractivity contribution in [2.45, 2.75) is 44.3 Å². The average molecular weight is 334 g/mol. The number of nitrogens with zero attached hydrogens (tertiary/aromatic N) is 1. The van der Waals surface area contributed by atoms with Crippen LogP contribution >= 0.6 is 11.3 Å². The quantitative estimate of drug-likeness (QED) is 0.810. The number of hydrogen-bond donors (Lipinski definition) is 1. The smallest absolute Gasteiger partial charge is 0.335 e. The molecule has 0 aromatic carbocycles. The van der Waals surface area contributed by atoms with Gasteiger partial charge in [-0.25, -0.2) is 0 Å². The SMILES string of the molecule is O=C(N1CCC(NCCCCc2cccs2)CC1)C(F)(F)F. The predicted molar refractivity (Wildman–Crippen MR) is 80.9 cm³/mol. The van der Waals surface area contributed by atoms with Crippen molar-refractivity contribution in [3.05, 3.63) is 22.4 Å². The number of rotatable bonds is 6. The third kappa shape index (κ3) is 5.28. The Bertz CT molecular complexity index is 454. The summed E-state index contributed by atoms with van der Waals surface area (Å²) in [7, 11) is 0. The van der Waals surface area contributed by atoms with Gasteiger partial charge < -0.3 is 10.2 Å². The van der Waals surface area contributed by atoms with Gasteiger partial charge in [0.05, 0.1) is 0 Å². The van der Waals surface area contributed by atoms with Crippen molar-refractivity contribution in [1.29, 1.82) is 0 Å². The Morgan fingerprint density at radius 3 is 2.64 bits per heavy atom. The Kier molecular flexibility index (Phi) is 6.26. The molecular weight excluding hydrogens is 313 g/mol. The number of nitrogens with one attached hydrogen (secondary N) is 1. The zero-order chi connectivity index (χ0) is 16.0. The highest BCUT2D eigenvalue weighted by Crippen LogP contribution is 2.21. The van der Waals surface area contributed by atoms with E-state index in [2.05, 4.69) is 16.8 Å². The van der Waals surface area contributed by atoms with Crippen LogP contribution in [0.4, 0.5) is 13.2 Å². The summed E-state index contributed by atoms with van der Waals surface area (Å²) in [6, 6.07) is 4.40. The molecule has 7 heteroatoms. The second kappa shape index (κ2) is 7.97. The van der Waals surface area contributed by atoms with Gasteiger partial charge in [-0.3, -0.25) is 4.79 Å². The highest BCUT2D eigenvalue weighted by atomic mass is 32.1. The van der Waals surface area contributed by atoms with Crippen molar-refractivity contribution in [2.24, 2.45) is 0 Å². The largest absolute Gasteiger partial charge is 0.471 e. The molecule has 0 atom stereocenters. The second-order valence-electron chi connectivity index (χ2n) is 5.55. The van der Waals surface area contributed by atoms with Crippen molar-refractivity contribution >= 4 is 17.2 Å². The molecule has 3 nitrogen and oxygen atoms in total. The Hall–Kier alpha value is -1.08. The van der Waals surface area contributed by atoms with Gasteiger partial charge in [0.15, 0.2) is 0 Å². The first-order valence-electron chi connectivity index (χ1n) is 7.58. The van der Waals surface area contributed by atoms with E-state index in [9.17, 15) is 18.0 Å². The predicted octanol–water partition coefficient (Wildman–Crippen LogP) is 3.21. The Labute approximate surface area is 132 Å². The molecule has 2 rings (SSSR count). The van der Waals surface area contributed by atoms with Gasteiger partial charge in [0.1, 0.15) is 0 Å². The molecule has 1 aromatic heterocycles. The number of unbranched alkanes of at least 4 members (excludes halogenated alkanes) is 1. The minimum absolute atomic E-state index is 0.186. The maximum absolute atomic E-state index is 12.3. The van der Waals surface area contributed by atoms with Crippen LogP contribution in [-0.4, -0.2) is 42.7 Å². The van der Waals surface area contributed by atoms with E-state index in [4.69, 9.17) is 0 Å². The van der Waals surface area contributed by atoms with Crippen LogP contribution < -0.4 is 5.32 Å². The summed E-state index contributed by atoms with van der Waals surface area (Å²) >= 11 is 1.76. The van der Waals surface area contributed by atoms with E-state index in [1.807, 2.05) is 6.07 Å². The molecule has 0 aliphatic carbocycles. The van der Waals surface area contributed by atoms with E-state index in [1.165, 1.54) is 4.88 Å². The number of carbonyl (C=O) groups is 1. The van der Waals surface area contributed by atoms with Gasteiger partial charge >= 0.3 is 12.1 Å². The van der Waals surface area contributed by atoms with E-state index in [1.54, 1.807) is 11.3 Å². The average Bonchev–Trinajstić information content (AvgIpc) is 2.99. The molecule has 0 radical (unpaired) electrons. The molecule has 1 aromatic rings. The summed E-state index contributed by atoms with van der Waals surface area (Å²) in [6.45, 7) is 1.25. The second-order valence-corrected chi connectivity index (χ2v) is 6.59. The van der Waals surface area contributed by atoms with Crippen molar-refractivity contribution in [1.82, 2.24) is 10.2 Å². The van der Waals surface area contributed by atoms with Crippen LogP contribution in [0.3, 0.4) is 0 Å². The van der Waals surface area contributed by atoms with Crippen LogP contribution in [-0.2, 0) is 11.2 Å². The monoisotopic (exact) mass is 334 g/mol. The van der Waals surface area contributed by atoms with E-state index in [0.717, 1.165) is 30.7 Å². The van der Waals surface area contributed by atoms with Crippen molar-refractivity contribution in [2.75, 3.05) is 19.6 Å². The third-order valence-corrected chi connectivity index (χ3v) is 4.82. The van der Waals surface area contributed by atoms with Gasteiger partial charge in [0.25, 0.3) is 0 Å². The number of thiophene rings is 1. The zero-order valence-corrected chi connectivity index (χ0v) is 13.2. The van der Waals surface area contributed by atoms with Gasteiger partial charge in [0.2, 0.25) is 0 Å². The van der Waals surface area contributed by atoms with Crippen molar-refractivity contribution in [3.63, 3.8) is 0 Å². The van der Waals surface area contributed by atoms with Gasteiger partial charge in [-0.2, -0.15) is 13.2 Å². The third-order valence-electron chi connectivity index (χ3n) is 3.89. The Balaban J connectivity index is 1.57. The minimum atomic E-state index is -4.75. The number of piperidine rings is 1. The summed E-state index contributed by atoms with van der Waals surface area (Å²) in [5, 5.41) is 5.46. The molecule has 124 valence electrons. The maximum Gasteiger partial charge on any atom is 0.471 e. The van der Waals surface area contributed by atoms with Gasteiger partial charge in [-0.05, 0) is 50.1 Å². The summed E-state index contributed by atoms with van der Waals surface area (Å²) in [6.07, 6.45) is -0.321. The molecule has 0 saturated carbocycles. The molecular formula is C15H21F3N2OS. The molecule has 1 aliphatic rings. The number of alkyl halides is 3. The van der Waals surface area contributed by atoms with Crippen LogP contribution in [0, 0.1) is 0 Å². The molecule has 1 aliphatic heterocycles. The van der Waals surface area contributed by atoms with Crippen LogP contribution in [0.5, 0.6) is 0 Å². The topological polar surface area (TPSA) is 32.3 Å². The lowest BCUT2D eigenvalue weighted by molar-refractivity contribution is -0.186. The minimum Gasteiger partial charge on any atom is -0.335 e. The highest BCUT2D eigenvalue weighted by Gasteiger charge is 2.43. The number of halogens is 3. The molecule has 1 N–H and O–H groups in total. The number of amides is 1. The first-order chi connectivity index (χ1) is 10.5. The molecule has 1 saturated heterocycles. The standard InChI is InChI=1S/C15H21F3N2OS/c16-15(17,18)14(21)20-9-6-12(7-10-20)19-8-2-1-4-13-5-3-11-22-13/h3,5,11-12,19H,1-2,4,6-10H2. The Morgan fingerprint density at radius 1 is 1.32 bits per heavy atom. The first kappa shape index (κ1) is 17.3. The molecule has 0 bridgehead atoms. The molecule has 0 spiro atoms. The van der Waals surface area contributed by atoms with E-state index < -0.39 is 12.1 Å². The van der Waals surface area contributed by atoms with E-state index in [0.29, 0.717) is 12.8 Å². The first-order valence-corrected chi connectivity index (χ1v) is 8.46. The summed E-state index contributed by atoms with van der Waals surface area (Å²) in [5.74, 6) is -1.71. The lowest BCUT2D eigenvalue weighted by atomic mass is 10.0. The molecule has 2 heterocycles. The number of likely N-dealkylation sites (tertiary alicyclic amines) is 1. The summed E-state index contributed by atoms with van der Waals surface area (Å²) < 4.78 is 37.0. The van der Waals surface area contributed by atoms with Crippen molar-refractivity contribution in [3.8, 4) is 0 Å². The van der Waals surface area contributed by atoms with Crippen LogP contribution in [0.1, 0.15) is 30.6 Å². The fourth-order valence-electron chi connectivity index (χ4n) is 2.65. The lowest BCUT2D eigenvalue weighted by Gasteiger charge is -2.32. The molecule has 0 unspecified atom stereocenters. The molecule has 1 amide bonds. The molecule has 22 heavy (non-hydrogen) atoms. The van der Waals surface area contributed by atoms with Crippen LogP contribution in [0.2, 0.25) is 0 Å². The fourth-order valence-corrected chi connectivity index (χ4v) is 3.40. The van der Waals surface area contributed by atoms with Crippen molar-refractivity contribution < 1.29 is 18.0 Å². The van der Waals surface area contributed by atoms with Crippen LogP contribution in [0.25, 0.3) is 0 Å². The van der Waals surface area contributed by atoms with Gasteiger partial charge in [0, 0.05) is 24.0 Å². The normalized spacial score (nSPS) is 17.0. The number of carbonyl (C=O) groups excluding carboxylic acids is 1. The molecule has 1 fully saturated rings. The van der Waals surface area contributed by atoms with Gasteiger partial charge in [-0.1, -0.05) is 6.07 Å². The summed E-state index contributed by atoms with van der Waals surface area (Å²) in [4.78, 5) is 13.4. The maximum atomic E-state index is 12.3. The zero-order valence-electron chi connectivity index (χ0n) is 12.4. The van der Waals surface area contributed by atoms with E-state index >= 15 is 0 Å². The summed E-state index contributed by atoms with van der Waals surface area (Å²) in [5.41, 5.74) is 0. The fraction of sp³-hybridized carbons (Fsp3) is 0.667. The van der Waals surface area contributed by atoms with E-state index in [-0.39, 0.29) is 19.1 Å². The Morgan fingerprint density at radius 2 is 2.05 bits per heavy atom. The van der Waals surface area contributed by atoms with Gasteiger partial charge in [-0.15, -0.1) is 11.3 Å².